The van der Waals surface area contributed by atoms with Crippen LogP contribution in [0.1, 0.15) is 28.4 Å². The van der Waals surface area contributed by atoms with Crippen molar-refractivity contribution in [2.75, 3.05) is 12.3 Å². The lowest BCUT2D eigenvalue weighted by Crippen LogP contribution is -2.07. The summed E-state index contributed by atoms with van der Waals surface area (Å²) in [5.74, 6) is -0.316. The zero-order valence-electron chi connectivity index (χ0n) is 11.7. The zero-order chi connectivity index (χ0) is 15.6. The second-order valence-corrected chi connectivity index (χ2v) is 5.46. The van der Waals surface area contributed by atoms with Gasteiger partial charge >= 0.3 is 0 Å². The first-order valence-electron chi connectivity index (χ1n) is 6.46. The summed E-state index contributed by atoms with van der Waals surface area (Å²) in [6, 6.07) is 7.76. The smallest absolute Gasteiger partial charge is 0.196 e. The molecule has 21 heavy (non-hydrogen) atoms. The summed E-state index contributed by atoms with van der Waals surface area (Å²) in [6.45, 7) is 3.97. The molecule has 0 unspecified atom stereocenters. The Morgan fingerprint density at radius 2 is 2.05 bits per heavy atom. The molecule has 2 aromatic carbocycles. The van der Waals surface area contributed by atoms with Crippen LogP contribution in [0.15, 0.2) is 34.8 Å². The van der Waals surface area contributed by atoms with Gasteiger partial charge in [-0.15, -0.1) is 0 Å². The van der Waals surface area contributed by atoms with Crippen molar-refractivity contribution in [2.45, 2.75) is 13.8 Å². The molecule has 0 heterocycles. The second-order valence-electron chi connectivity index (χ2n) is 4.61. The average molecular weight is 352 g/mol. The van der Waals surface area contributed by atoms with E-state index in [2.05, 4.69) is 15.9 Å². The Bertz CT molecular complexity index is 701. The number of nitrogens with two attached hydrogens (primary N) is 1. The van der Waals surface area contributed by atoms with Crippen LogP contribution in [0.3, 0.4) is 0 Å². The highest BCUT2D eigenvalue weighted by atomic mass is 79.9. The second kappa shape index (κ2) is 6.26. The van der Waals surface area contributed by atoms with Crippen LogP contribution in [-0.4, -0.2) is 12.4 Å². The topological polar surface area (TPSA) is 52.3 Å². The van der Waals surface area contributed by atoms with Gasteiger partial charge in [-0.3, -0.25) is 4.79 Å². The molecule has 0 amide bonds. The van der Waals surface area contributed by atoms with Crippen molar-refractivity contribution in [1.82, 2.24) is 0 Å². The van der Waals surface area contributed by atoms with Gasteiger partial charge in [-0.25, -0.2) is 4.39 Å². The Morgan fingerprint density at radius 3 is 2.67 bits per heavy atom. The van der Waals surface area contributed by atoms with Gasteiger partial charge in [-0.05, 0) is 65.7 Å². The summed E-state index contributed by atoms with van der Waals surface area (Å²) in [6.07, 6.45) is 0. The Morgan fingerprint density at radius 1 is 1.33 bits per heavy atom. The molecule has 0 aliphatic heterocycles. The fourth-order valence-corrected chi connectivity index (χ4v) is 2.53. The number of anilines is 1. The van der Waals surface area contributed by atoms with E-state index >= 15 is 0 Å². The molecule has 2 rings (SSSR count). The van der Waals surface area contributed by atoms with E-state index in [0.717, 1.165) is 0 Å². The maximum Gasteiger partial charge on any atom is 0.196 e. The predicted octanol–water partition coefficient (Wildman–Crippen LogP) is 4.11. The largest absolute Gasteiger partial charge is 0.493 e. The molecule has 0 bridgehead atoms. The van der Waals surface area contributed by atoms with Crippen molar-refractivity contribution in [3.8, 4) is 5.75 Å². The number of rotatable bonds is 4. The van der Waals surface area contributed by atoms with E-state index in [9.17, 15) is 9.18 Å². The first-order chi connectivity index (χ1) is 9.93. The summed E-state index contributed by atoms with van der Waals surface area (Å²) in [4.78, 5) is 12.4. The fourth-order valence-electron chi connectivity index (χ4n) is 2.03. The third-order valence-electron chi connectivity index (χ3n) is 3.02. The Labute approximate surface area is 131 Å². The minimum atomic E-state index is -0.542. The van der Waals surface area contributed by atoms with E-state index in [1.54, 1.807) is 25.1 Å². The monoisotopic (exact) mass is 351 g/mol. The maximum atomic E-state index is 14.1. The van der Waals surface area contributed by atoms with Crippen LogP contribution in [0.25, 0.3) is 0 Å². The summed E-state index contributed by atoms with van der Waals surface area (Å²) in [5.41, 5.74) is 6.75. The van der Waals surface area contributed by atoms with E-state index in [1.165, 1.54) is 12.1 Å². The van der Waals surface area contributed by atoms with E-state index < -0.39 is 11.6 Å². The summed E-state index contributed by atoms with van der Waals surface area (Å²) in [5, 5.41) is 0. The van der Waals surface area contributed by atoms with Gasteiger partial charge in [-0.1, -0.05) is 0 Å². The Balaban J connectivity index is 2.43. The standard InChI is InChI=1S/C16H15BrFNO2/c1-3-21-14-5-4-10(7-13(14)17)16(20)12-8-11(19)6-9(2)15(12)18/h4-8H,3,19H2,1-2H3. The molecule has 0 radical (unpaired) electrons. The normalized spacial score (nSPS) is 10.5. The SMILES string of the molecule is CCOc1ccc(C(=O)c2cc(N)cc(C)c2F)cc1Br. The van der Waals surface area contributed by atoms with Gasteiger partial charge in [0, 0.05) is 11.3 Å². The van der Waals surface area contributed by atoms with Crippen LogP contribution in [-0.2, 0) is 0 Å². The van der Waals surface area contributed by atoms with Crippen LogP contribution in [0.2, 0.25) is 0 Å². The molecule has 3 nitrogen and oxygen atoms in total. The van der Waals surface area contributed by atoms with Crippen molar-refractivity contribution < 1.29 is 13.9 Å². The number of carbonyl (C=O) groups is 1. The van der Waals surface area contributed by atoms with Crippen molar-refractivity contribution >= 4 is 27.4 Å². The van der Waals surface area contributed by atoms with E-state index in [-0.39, 0.29) is 5.56 Å². The molecule has 0 saturated carbocycles. The molecule has 0 fully saturated rings. The van der Waals surface area contributed by atoms with Crippen LogP contribution in [0.5, 0.6) is 5.75 Å². The summed E-state index contributed by atoms with van der Waals surface area (Å²) in [7, 11) is 0. The van der Waals surface area contributed by atoms with E-state index in [4.69, 9.17) is 10.5 Å². The van der Waals surface area contributed by atoms with Crippen LogP contribution in [0.4, 0.5) is 10.1 Å². The van der Waals surface area contributed by atoms with Crippen molar-refractivity contribution in [3.63, 3.8) is 0 Å². The Kier molecular flexibility index (Phi) is 4.63. The highest BCUT2D eigenvalue weighted by Gasteiger charge is 2.17. The Hall–Kier alpha value is -1.88. The molecular formula is C16H15BrFNO2. The minimum Gasteiger partial charge on any atom is -0.493 e. The zero-order valence-corrected chi connectivity index (χ0v) is 13.3. The number of aryl methyl sites for hydroxylation is 1. The average Bonchev–Trinajstić information content (AvgIpc) is 2.44. The van der Waals surface area contributed by atoms with E-state index in [0.29, 0.717) is 33.6 Å². The summed E-state index contributed by atoms with van der Waals surface area (Å²) >= 11 is 3.34. The van der Waals surface area contributed by atoms with Crippen LogP contribution in [0, 0.1) is 12.7 Å². The van der Waals surface area contributed by atoms with Crippen LogP contribution >= 0.6 is 15.9 Å². The molecule has 0 aliphatic carbocycles. The summed E-state index contributed by atoms with van der Waals surface area (Å²) < 4.78 is 20.1. The van der Waals surface area contributed by atoms with Gasteiger partial charge in [0.05, 0.1) is 16.6 Å². The maximum absolute atomic E-state index is 14.1. The molecule has 2 N–H and O–H groups in total. The molecule has 5 heteroatoms. The molecule has 110 valence electrons. The molecule has 0 atom stereocenters. The third-order valence-corrected chi connectivity index (χ3v) is 3.64. The highest BCUT2D eigenvalue weighted by molar-refractivity contribution is 9.10. The van der Waals surface area contributed by atoms with Crippen molar-refractivity contribution in [1.29, 1.82) is 0 Å². The number of hydrogen-bond acceptors (Lipinski definition) is 3. The molecule has 2 aromatic rings. The molecule has 0 aromatic heterocycles. The lowest BCUT2D eigenvalue weighted by Gasteiger charge is -2.09. The number of ketones is 1. The van der Waals surface area contributed by atoms with Crippen LogP contribution < -0.4 is 10.5 Å². The van der Waals surface area contributed by atoms with E-state index in [1.807, 2.05) is 6.92 Å². The number of benzene rings is 2. The van der Waals surface area contributed by atoms with Gasteiger partial charge in [0.15, 0.2) is 5.78 Å². The number of halogens is 2. The van der Waals surface area contributed by atoms with Gasteiger partial charge in [0.2, 0.25) is 0 Å². The first kappa shape index (κ1) is 15.5. The predicted molar refractivity (Wildman–Crippen MR) is 84.3 cm³/mol. The number of carbonyl (C=O) groups excluding carboxylic acids is 1. The quantitative estimate of drug-likeness (QED) is 0.666. The van der Waals surface area contributed by atoms with Gasteiger partial charge < -0.3 is 10.5 Å². The van der Waals surface area contributed by atoms with Gasteiger partial charge in [0.25, 0.3) is 0 Å². The number of ether oxygens (including phenoxy) is 1. The minimum absolute atomic E-state index is 0.0245. The molecule has 0 saturated heterocycles. The lowest BCUT2D eigenvalue weighted by molar-refractivity contribution is 0.103. The van der Waals surface area contributed by atoms with Crippen molar-refractivity contribution in [2.24, 2.45) is 0 Å². The molecule has 0 spiro atoms. The number of hydrogen-bond donors (Lipinski definition) is 1. The van der Waals surface area contributed by atoms with Gasteiger partial charge in [-0.2, -0.15) is 0 Å². The molecule has 0 aliphatic rings. The third kappa shape index (κ3) is 3.24. The number of nitrogen functional groups attached to an aromatic ring is 1. The lowest BCUT2D eigenvalue weighted by atomic mass is 10.00. The fraction of sp³-hybridized carbons (Fsp3) is 0.188. The van der Waals surface area contributed by atoms with Crippen molar-refractivity contribution in [3.05, 3.63) is 57.3 Å². The molecular weight excluding hydrogens is 337 g/mol. The first-order valence-corrected chi connectivity index (χ1v) is 7.26. The van der Waals surface area contributed by atoms with Gasteiger partial charge in [0.1, 0.15) is 11.6 Å². The highest BCUT2D eigenvalue weighted by Crippen LogP contribution is 2.28.